The Morgan fingerprint density at radius 1 is 0.447 bits per heavy atom. The van der Waals surface area contributed by atoms with Crippen LogP contribution in [0.1, 0.15) is 56.3 Å². The zero-order chi connectivity index (χ0) is 51.6. The van der Waals surface area contributed by atoms with Crippen molar-refractivity contribution < 1.29 is 20.1 Å². The lowest BCUT2D eigenvalue weighted by atomic mass is 9.53. The Morgan fingerprint density at radius 3 is 1.13 bits per heavy atom. The third-order valence-electron chi connectivity index (χ3n) is 15.6. The van der Waals surface area contributed by atoms with Crippen LogP contribution in [-0.4, -0.2) is 58.8 Å². The van der Waals surface area contributed by atoms with Crippen LogP contribution in [0.3, 0.4) is 0 Å². The molecular weight excluding hydrogens is 939 g/mol. The molecule has 1 aliphatic heterocycles. The highest BCUT2D eigenvalue weighted by Gasteiger charge is 2.72. The fraction of sp³-hybridized carbons (Fsp3) is 0.119. The molecule has 1 aliphatic rings. The smallest absolute Gasteiger partial charge is 0.167 e. The summed E-state index contributed by atoms with van der Waals surface area (Å²) in [6, 6.07) is 89.5. The number of nitrogens with one attached hydrogen (secondary N) is 1. The minimum atomic E-state index is -2.40. The third kappa shape index (κ3) is 7.58. The van der Waals surface area contributed by atoms with Crippen molar-refractivity contribution in [3.05, 3.63) is 336 Å². The fourth-order valence-corrected chi connectivity index (χ4v) is 12.4. The van der Waals surface area contributed by atoms with Gasteiger partial charge in [-0.15, -0.1) is 0 Å². The van der Waals surface area contributed by atoms with Gasteiger partial charge in [0.1, 0.15) is 35.8 Å². The first-order valence-corrected chi connectivity index (χ1v) is 25.6. The molecule has 76 heavy (non-hydrogen) atoms. The van der Waals surface area contributed by atoms with Gasteiger partial charge in [0.05, 0.1) is 17.2 Å². The number of aliphatic hydroxyl groups is 3. The molecule has 0 bridgehead atoms. The highest BCUT2D eigenvalue weighted by molar-refractivity contribution is 5.84. The number of fused-ring (bicyclic) bond motifs is 1. The molecule has 0 aliphatic carbocycles. The van der Waals surface area contributed by atoms with Gasteiger partial charge in [-0.25, -0.2) is 15.0 Å². The number of nitrogens with zero attached hydrogens (tertiary/aromatic N) is 4. The zero-order valence-electron chi connectivity index (χ0n) is 41.5. The van der Waals surface area contributed by atoms with Crippen molar-refractivity contribution in [2.24, 2.45) is 0 Å². The largest absolute Gasteiger partial charge is 0.389 e. The summed E-state index contributed by atoms with van der Waals surface area (Å²) in [4.78, 5) is 14.8. The number of benzene rings is 9. The average molecular weight is 994 g/mol. The zero-order valence-corrected chi connectivity index (χ0v) is 41.5. The van der Waals surface area contributed by atoms with Crippen molar-refractivity contribution in [2.75, 3.05) is 5.32 Å². The fourth-order valence-electron chi connectivity index (χ4n) is 12.4. The topological polar surface area (TPSA) is 126 Å². The lowest BCUT2D eigenvalue weighted by Gasteiger charge is -2.53. The molecule has 1 unspecified atom stereocenters. The van der Waals surface area contributed by atoms with Gasteiger partial charge in [-0.1, -0.05) is 273 Å². The van der Waals surface area contributed by atoms with Crippen LogP contribution in [0.5, 0.6) is 0 Å². The molecule has 9 heteroatoms. The summed E-state index contributed by atoms with van der Waals surface area (Å²) < 4.78 is 9.15. The van der Waals surface area contributed by atoms with Gasteiger partial charge in [0.2, 0.25) is 0 Å². The van der Waals surface area contributed by atoms with Crippen molar-refractivity contribution >= 4 is 17.0 Å². The number of imidazole rings is 1. The maximum atomic E-state index is 15.1. The maximum Gasteiger partial charge on any atom is 0.167 e. The third-order valence-corrected chi connectivity index (χ3v) is 15.6. The molecule has 0 saturated carbocycles. The van der Waals surface area contributed by atoms with Crippen molar-refractivity contribution in [3.8, 4) is 0 Å². The molecule has 3 heterocycles. The van der Waals surface area contributed by atoms with Gasteiger partial charge in [-0.3, -0.25) is 4.57 Å². The van der Waals surface area contributed by atoms with Gasteiger partial charge >= 0.3 is 0 Å². The summed E-state index contributed by atoms with van der Waals surface area (Å²) in [7, 11) is 0. The van der Waals surface area contributed by atoms with Crippen LogP contribution >= 0.6 is 0 Å². The van der Waals surface area contributed by atoms with E-state index in [4.69, 9.17) is 19.7 Å². The summed E-state index contributed by atoms with van der Waals surface area (Å²) in [6.07, 6.45) is -3.31. The average Bonchev–Trinajstić information content (AvgIpc) is 4.06. The van der Waals surface area contributed by atoms with Gasteiger partial charge in [0, 0.05) is 0 Å². The van der Waals surface area contributed by atoms with Gasteiger partial charge in [0.25, 0.3) is 0 Å². The Kier molecular flexibility index (Phi) is 12.7. The summed E-state index contributed by atoms with van der Waals surface area (Å²) in [5.74, 6) is 0.420. The Bertz CT molecular complexity index is 3370. The SMILES string of the molecule is OC([C@H]1O[C@@H](n2cnc3c(NC(c4ccccc4)(c4ccccc4)c4ccccc4)ncnc32)[C@H](O)[C@@]1(O)C(c1ccccc1)(c1ccccc1)c1ccccc1)C(c1ccccc1)(c1ccccc1)c1ccccc1. The Morgan fingerprint density at radius 2 is 0.776 bits per heavy atom. The Labute approximate surface area is 442 Å². The molecule has 12 rings (SSSR count). The van der Waals surface area contributed by atoms with Crippen molar-refractivity contribution in [1.82, 2.24) is 19.5 Å². The number of ether oxygens (including phenoxy) is 1. The number of hydrogen-bond acceptors (Lipinski definition) is 8. The van der Waals surface area contributed by atoms with E-state index in [-0.39, 0.29) is 0 Å². The van der Waals surface area contributed by atoms with E-state index < -0.39 is 46.5 Å². The molecule has 9 aromatic carbocycles. The van der Waals surface area contributed by atoms with Crippen LogP contribution in [0.15, 0.2) is 286 Å². The summed E-state index contributed by atoms with van der Waals surface area (Å²) in [5.41, 5.74) is 1.49. The first-order chi connectivity index (χ1) is 37.4. The first kappa shape index (κ1) is 48.1. The minimum absolute atomic E-state index is 0.326. The van der Waals surface area contributed by atoms with E-state index in [2.05, 4.69) is 41.7 Å². The molecule has 372 valence electrons. The summed E-state index contributed by atoms with van der Waals surface area (Å²) >= 11 is 0. The van der Waals surface area contributed by atoms with E-state index in [0.29, 0.717) is 33.7 Å². The number of aromatic nitrogens is 4. The molecule has 4 N–H and O–H groups in total. The number of rotatable bonds is 15. The van der Waals surface area contributed by atoms with Crippen LogP contribution in [0.25, 0.3) is 11.2 Å². The quantitative estimate of drug-likeness (QED) is 0.0749. The lowest BCUT2D eigenvalue weighted by molar-refractivity contribution is -0.153. The van der Waals surface area contributed by atoms with E-state index in [9.17, 15) is 10.2 Å². The summed E-state index contributed by atoms with van der Waals surface area (Å²) in [6.45, 7) is 0. The van der Waals surface area contributed by atoms with E-state index in [0.717, 1.165) is 33.4 Å². The second kappa shape index (κ2) is 20.1. The molecule has 11 aromatic rings. The van der Waals surface area contributed by atoms with Crippen molar-refractivity contribution in [2.45, 2.75) is 46.5 Å². The van der Waals surface area contributed by atoms with Crippen molar-refractivity contribution in [3.63, 3.8) is 0 Å². The Hall–Kier alpha value is -8.83. The van der Waals surface area contributed by atoms with Crippen LogP contribution in [0.2, 0.25) is 0 Å². The standard InChI is InChI=1S/C67H55N5O4/c73-58(64(48-28-10-1-11-29-48,49-30-12-2-13-31-49)50-32-14-3-15-33-50)60-67(75,65(51-34-16-4-17-35-51,52-36-18-5-19-37-52)53-38-20-6-21-39-53)59(74)63(76-60)72-47-70-57-61(68-46-69-62(57)72)71-66(54-40-22-7-23-41-54,55-42-24-8-25-43-55)56-44-26-9-27-45-56/h1-47,58-60,63,73-75H,(H,68,69,71)/t58?,59-,60+,63+,67-/m0/s1. The van der Waals surface area contributed by atoms with Gasteiger partial charge in [0.15, 0.2) is 23.2 Å². The van der Waals surface area contributed by atoms with E-state index in [1.807, 2.05) is 237 Å². The van der Waals surface area contributed by atoms with Crippen LogP contribution in [0.4, 0.5) is 5.82 Å². The monoisotopic (exact) mass is 993 g/mol. The molecule has 0 spiro atoms. The predicted octanol–water partition coefficient (Wildman–Crippen LogP) is 11.6. The molecule has 5 atom stereocenters. The van der Waals surface area contributed by atoms with Crippen molar-refractivity contribution in [1.29, 1.82) is 0 Å². The van der Waals surface area contributed by atoms with Gasteiger partial charge in [-0.2, -0.15) is 0 Å². The van der Waals surface area contributed by atoms with E-state index in [1.54, 1.807) is 10.9 Å². The van der Waals surface area contributed by atoms with Gasteiger partial charge in [-0.05, 0) is 50.1 Å². The number of anilines is 1. The molecule has 1 saturated heterocycles. The Balaban J connectivity index is 1.12. The second-order valence-electron chi connectivity index (χ2n) is 19.4. The molecule has 0 amide bonds. The van der Waals surface area contributed by atoms with Crippen LogP contribution < -0.4 is 5.32 Å². The highest BCUT2D eigenvalue weighted by Crippen LogP contribution is 2.59. The number of aliphatic hydroxyl groups excluding tert-OH is 2. The first-order valence-electron chi connectivity index (χ1n) is 25.6. The van der Waals surface area contributed by atoms with Crippen LogP contribution in [0, 0.1) is 0 Å². The highest BCUT2D eigenvalue weighted by atomic mass is 16.6. The van der Waals surface area contributed by atoms with E-state index in [1.165, 1.54) is 6.33 Å². The van der Waals surface area contributed by atoms with Gasteiger partial charge < -0.3 is 25.4 Å². The normalized spacial score (nSPS) is 18.3. The van der Waals surface area contributed by atoms with Crippen LogP contribution in [-0.2, 0) is 21.1 Å². The minimum Gasteiger partial charge on any atom is -0.389 e. The summed E-state index contributed by atoms with van der Waals surface area (Å²) in [5, 5.41) is 47.3. The second-order valence-corrected chi connectivity index (χ2v) is 19.4. The lowest BCUT2D eigenvalue weighted by Crippen LogP contribution is -2.68. The molecule has 9 nitrogen and oxygen atoms in total. The number of hydrogen-bond donors (Lipinski definition) is 4. The molecular formula is C67H55N5O4. The molecule has 1 fully saturated rings. The van der Waals surface area contributed by atoms with E-state index >= 15 is 5.11 Å². The predicted molar refractivity (Wildman–Crippen MR) is 297 cm³/mol. The maximum absolute atomic E-state index is 15.1. The molecule has 0 radical (unpaired) electrons. The molecule has 2 aromatic heterocycles.